The highest BCUT2D eigenvalue weighted by Crippen LogP contribution is 2.29. The number of nitrogens with one attached hydrogen (secondary N) is 1. The van der Waals surface area contributed by atoms with Crippen LogP contribution >= 0.6 is 0 Å². The van der Waals surface area contributed by atoms with Gasteiger partial charge in [0.2, 0.25) is 10.0 Å². The Morgan fingerprint density at radius 3 is 2.31 bits per heavy atom. The first kappa shape index (κ1) is 20.5. The standard InChI is InChI=1S/C21H29NO3S/c1-6-16-8-9-17(7-2)18(12-16)14-22-26(23,24)19-10-11-21(25-5)20(13-19)15(3)4/h8-13,15,22H,6-7,14H2,1-5H3. The van der Waals surface area contributed by atoms with E-state index in [1.54, 1.807) is 25.3 Å². The molecule has 0 spiro atoms. The first-order chi connectivity index (χ1) is 12.3. The molecule has 142 valence electrons. The zero-order valence-electron chi connectivity index (χ0n) is 16.3. The predicted octanol–water partition coefficient (Wildman–Crippen LogP) is 4.42. The number of benzene rings is 2. The van der Waals surface area contributed by atoms with Crippen molar-refractivity contribution in [3.05, 3.63) is 58.7 Å². The van der Waals surface area contributed by atoms with Gasteiger partial charge < -0.3 is 4.74 Å². The SMILES string of the molecule is CCc1ccc(CC)c(CNS(=O)(=O)c2ccc(OC)c(C(C)C)c2)c1. The van der Waals surface area contributed by atoms with Gasteiger partial charge in [0, 0.05) is 6.54 Å². The van der Waals surface area contributed by atoms with Crippen molar-refractivity contribution in [3.8, 4) is 5.75 Å². The molecule has 0 atom stereocenters. The van der Waals surface area contributed by atoms with Crippen LogP contribution in [0.5, 0.6) is 5.75 Å². The van der Waals surface area contributed by atoms with Crippen LogP contribution < -0.4 is 9.46 Å². The van der Waals surface area contributed by atoms with Gasteiger partial charge in [-0.05, 0) is 59.2 Å². The van der Waals surface area contributed by atoms with Gasteiger partial charge in [0.1, 0.15) is 5.75 Å². The lowest BCUT2D eigenvalue weighted by Gasteiger charge is -2.15. The monoisotopic (exact) mass is 375 g/mol. The molecule has 2 rings (SSSR count). The second-order valence-electron chi connectivity index (χ2n) is 6.69. The number of rotatable bonds is 8. The summed E-state index contributed by atoms with van der Waals surface area (Å²) in [5, 5.41) is 0. The number of ether oxygens (including phenoxy) is 1. The van der Waals surface area contributed by atoms with Gasteiger partial charge in [-0.2, -0.15) is 0 Å². The smallest absolute Gasteiger partial charge is 0.240 e. The molecule has 1 N–H and O–H groups in total. The van der Waals surface area contributed by atoms with Crippen LogP contribution in [-0.4, -0.2) is 15.5 Å². The minimum Gasteiger partial charge on any atom is -0.496 e. The maximum atomic E-state index is 12.8. The summed E-state index contributed by atoms with van der Waals surface area (Å²) in [6, 6.07) is 11.3. The fraction of sp³-hybridized carbons (Fsp3) is 0.429. The Morgan fingerprint density at radius 2 is 1.73 bits per heavy atom. The molecule has 0 saturated heterocycles. The van der Waals surface area contributed by atoms with Crippen LogP contribution in [0.3, 0.4) is 0 Å². The maximum Gasteiger partial charge on any atom is 0.240 e. The molecule has 0 radical (unpaired) electrons. The number of hydrogen-bond acceptors (Lipinski definition) is 3. The largest absolute Gasteiger partial charge is 0.496 e. The number of sulfonamides is 1. The third-order valence-electron chi connectivity index (χ3n) is 4.65. The van der Waals surface area contributed by atoms with Gasteiger partial charge in [-0.3, -0.25) is 0 Å². The zero-order valence-corrected chi connectivity index (χ0v) is 17.1. The third kappa shape index (κ3) is 4.65. The van der Waals surface area contributed by atoms with Gasteiger partial charge in [0.05, 0.1) is 12.0 Å². The van der Waals surface area contributed by atoms with Crippen molar-refractivity contribution in [2.75, 3.05) is 7.11 Å². The van der Waals surface area contributed by atoms with Gasteiger partial charge in [0.25, 0.3) is 0 Å². The minimum absolute atomic E-state index is 0.174. The van der Waals surface area contributed by atoms with Crippen LogP contribution in [0.2, 0.25) is 0 Å². The van der Waals surface area contributed by atoms with Gasteiger partial charge in [0.15, 0.2) is 0 Å². The number of aryl methyl sites for hydroxylation is 2. The Bertz CT molecular complexity index is 858. The van der Waals surface area contributed by atoms with Crippen molar-refractivity contribution in [1.29, 1.82) is 0 Å². The molecule has 0 heterocycles. The summed E-state index contributed by atoms with van der Waals surface area (Å²) in [5.41, 5.74) is 4.30. The molecule has 0 fully saturated rings. The third-order valence-corrected chi connectivity index (χ3v) is 6.04. The van der Waals surface area contributed by atoms with Crippen LogP contribution in [0.15, 0.2) is 41.3 Å². The van der Waals surface area contributed by atoms with Crippen molar-refractivity contribution in [1.82, 2.24) is 4.72 Å². The highest BCUT2D eigenvalue weighted by molar-refractivity contribution is 7.89. The lowest BCUT2D eigenvalue weighted by Crippen LogP contribution is -2.24. The summed E-state index contributed by atoms with van der Waals surface area (Å²) in [4.78, 5) is 0.270. The van der Waals surface area contributed by atoms with E-state index in [4.69, 9.17) is 4.74 Å². The lowest BCUT2D eigenvalue weighted by molar-refractivity contribution is 0.407. The molecule has 0 bridgehead atoms. The molecular weight excluding hydrogens is 346 g/mol. The van der Waals surface area contributed by atoms with E-state index in [0.29, 0.717) is 12.3 Å². The van der Waals surface area contributed by atoms with E-state index in [-0.39, 0.29) is 10.8 Å². The van der Waals surface area contributed by atoms with Crippen molar-refractivity contribution < 1.29 is 13.2 Å². The Balaban J connectivity index is 2.28. The van der Waals surface area contributed by atoms with Gasteiger partial charge in [-0.25, -0.2) is 13.1 Å². The normalized spacial score (nSPS) is 11.8. The number of hydrogen-bond donors (Lipinski definition) is 1. The summed E-state index contributed by atoms with van der Waals surface area (Å²) >= 11 is 0. The van der Waals surface area contributed by atoms with Crippen LogP contribution in [0.4, 0.5) is 0 Å². The second-order valence-corrected chi connectivity index (χ2v) is 8.46. The Hall–Kier alpha value is -1.85. The molecule has 0 aliphatic rings. The first-order valence-corrected chi connectivity index (χ1v) is 10.6. The Morgan fingerprint density at radius 1 is 1.00 bits per heavy atom. The van der Waals surface area contributed by atoms with E-state index < -0.39 is 10.0 Å². The van der Waals surface area contributed by atoms with E-state index >= 15 is 0 Å². The zero-order chi connectivity index (χ0) is 19.3. The second kappa shape index (κ2) is 8.69. The van der Waals surface area contributed by atoms with E-state index in [1.165, 1.54) is 11.1 Å². The Kier molecular flexibility index (Phi) is 6.84. The summed E-state index contributed by atoms with van der Waals surface area (Å²) in [5.74, 6) is 0.885. The Labute approximate surface area is 157 Å². The van der Waals surface area contributed by atoms with E-state index in [1.807, 2.05) is 13.8 Å². The maximum absolute atomic E-state index is 12.8. The molecule has 0 aliphatic carbocycles. The summed E-state index contributed by atoms with van der Waals surface area (Å²) < 4.78 is 33.7. The molecule has 4 nitrogen and oxygen atoms in total. The quantitative estimate of drug-likeness (QED) is 0.743. The molecule has 0 amide bonds. The van der Waals surface area contributed by atoms with Gasteiger partial charge in [-0.15, -0.1) is 0 Å². The van der Waals surface area contributed by atoms with Gasteiger partial charge >= 0.3 is 0 Å². The molecule has 2 aromatic rings. The number of methoxy groups -OCH3 is 1. The average molecular weight is 376 g/mol. The highest BCUT2D eigenvalue weighted by atomic mass is 32.2. The molecule has 0 saturated carbocycles. The van der Waals surface area contributed by atoms with Gasteiger partial charge in [-0.1, -0.05) is 45.9 Å². The molecule has 2 aromatic carbocycles. The van der Waals surface area contributed by atoms with Crippen molar-refractivity contribution in [2.24, 2.45) is 0 Å². The average Bonchev–Trinajstić information content (AvgIpc) is 2.65. The highest BCUT2D eigenvalue weighted by Gasteiger charge is 2.18. The van der Waals surface area contributed by atoms with E-state index in [2.05, 4.69) is 36.8 Å². The van der Waals surface area contributed by atoms with Crippen molar-refractivity contribution >= 4 is 10.0 Å². The summed E-state index contributed by atoms with van der Waals surface area (Å²) in [6.07, 6.45) is 1.81. The topological polar surface area (TPSA) is 55.4 Å². The molecule has 0 unspecified atom stereocenters. The van der Waals surface area contributed by atoms with Crippen LogP contribution in [0.25, 0.3) is 0 Å². The molecule has 26 heavy (non-hydrogen) atoms. The van der Waals surface area contributed by atoms with E-state index in [9.17, 15) is 8.42 Å². The summed E-state index contributed by atoms with van der Waals surface area (Å²) in [6.45, 7) is 8.51. The molecule has 0 aromatic heterocycles. The molecule has 0 aliphatic heterocycles. The van der Waals surface area contributed by atoms with Crippen LogP contribution in [0.1, 0.15) is 55.9 Å². The lowest BCUT2D eigenvalue weighted by atomic mass is 10.0. The molecule has 5 heteroatoms. The van der Waals surface area contributed by atoms with Crippen molar-refractivity contribution in [2.45, 2.75) is 57.9 Å². The molecular formula is C21H29NO3S. The van der Waals surface area contributed by atoms with Crippen LogP contribution in [0, 0.1) is 0 Å². The predicted molar refractivity (Wildman–Crippen MR) is 106 cm³/mol. The van der Waals surface area contributed by atoms with E-state index in [0.717, 1.165) is 24.0 Å². The first-order valence-electron chi connectivity index (χ1n) is 9.10. The van der Waals surface area contributed by atoms with Crippen LogP contribution in [-0.2, 0) is 29.4 Å². The van der Waals surface area contributed by atoms with Crippen molar-refractivity contribution in [3.63, 3.8) is 0 Å². The fourth-order valence-corrected chi connectivity index (χ4v) is 4.04. The minimum atomic E-state index is -3.59. The summed E-state index contributed by atoms with van der Waals surface area (Å²) in [7, 11) is -1.99. The fourth-order valence-electron chi connectivity index (χ4n) is 3.00.